The Morgan fingerprint density at radius 3 is 2.60 bits per heavy atom. The molecule has 0 radical (unpaired) electrons. The lowest BCUT2D eigenvalue weighted by Crippen LogP contribution is -2.07. The summed E-state index contributed by atoms with van der Waals surface area (Å²) in [6, 6.07) is 9.62. The third kappa shape index (κ3) is 5.02. The quantitative estimate of drug-likeness (QED) is 0.279. The first kappa shape index (κ1) is 21.5. The van der Waals surface area contributed by atoms with E-state index in [0.717, 1.165) is 11.1 Å². The number of amides is 1. The predicted molar refractivity (Wildman–Crippen MR) is 119 cm³/mol. The first-order valence-electron chi connectivity index (χ1n) is 8.52. The average molecular weight is 490 g/mol. The number of non-ortho nitro benzene ring substituents is 1. The van der Waals surface area contributed by atoms with Crippen LogP contribution in [0.1, 0.15) is 5.56 Å². The van der Waals surface area contributed by atoms with E-state index in [1.807, 2.05) is 0 Å². The highest BCUT2D eigenvalue weighted by atomic mass is 79.9. The van der Waals surface area contributed by atoms with Crippen molar-refractivity contribution in [2.75, 3.05) is 19.5 Å². The van der Waals surface area contributed by atoms with Gasteiger partial charge < -0.3 is 9.47 Å². The van der Waals surface area contributed by atoms with Gasteiger partial charge in [-0.25, -0.2) is 4.98 Å². The third-order valence-corrected chi connectivity index (χ3v) is 5.34. The van der Waals surface area contributed by atoms with Gasteiger partial charge in [0.15, 0.2) is 16.6 Å². The molecule has 0 aliphatic carbocycles. The lowest BCUT2D eigenvalue weighted by Gasteiger charge is -2.10. The van der Waals surface area contributed by atoms with E-state index in [2.05, 4.69) is 26.2 Å². The molecule has 0 saturated heterocycles. The second kappa shape index (κ2) is 9.51. The highest BCUT2D eigenvalue weighted by molar-refractivity contribution is 9.10. The molecule has 0 aliphatic heterocycles. The molecule has 1 heterocycles. The number of benzene rings is 2. The van der Waals surface area contributed by atoms with Crippen molar-refractivity contribution in [3.8, 4) is 22.8 Å². The molecule has 8 nitrogen and oxygen atoms in total. The van der Waals surface area contributed by atoms with Crippen molar-refractivity contribution in [2.45, 2.75) is 0 Å². The molecule has 0 atom stereocenters. The van der Waals surface area contributed by atoms with Crippen molar-refractivity contribution in [3.63, 3.8) is 0 Å². The minimum absolute atomic E-state index is 0.00874. The normalized spacial score (nSPS) is 10.8. The Hall–Kier alpha value is -3.24. The van der Waals surface area contributed by atoms with Gasteiger partial charge >= 0.3 is 0 Å². The number of hydrogen-bond donors (Lipinski definition) is 1. The molecule has 0 unspecified atom stereocenters. The van der Waals surface area contributed by atoms with Gasteiger partial charge in [0.2, 0.25) is 5.91 Å². The van der Waals surface area contributed by atoms with Crippen LogP contribution in [0.4, 0.5) is 10.8 Å². The fraction of sp³-hybridized carbons (Fsp3) is 0.100. The fourth-order valence-corrected chi connectivity index (χ4v) is 3.91. The Kier molecular flexibility index (Phi) is 6.80. The van der Waals surface area contributed by atoms with Crippen molar-refractivity contribution >= 4 is 50.1 Å². The van der Waals surface area contributed by atoms with E-state index in [4.69, 9.17) is 9.47 Å². The van der Waals surface area contributed by atoms with Gasteiger partial charge in [-0.2, -0.15) is 0 Å². The molecular formula is C20H16BrN3O5S. The number of hydrogen-bond acceptors (Lipinski definition) is 7. The maximum Gasteiger partial charge on any atom is 0.269 e. The summed E-state index contributed by atoms with van der Waals surface area (Å²) in [5.41, 5.74) is 2.11. The van der Waals surface area contributed by atoms with Crippen molar-refractivity contribution in [3.05, 3.63) is 68.0 Å². The topological polar surface area (TPSA) is 104 Å². The number of nitro benzene ring substituents is 1. The molecule has 30 heavy (non-hydrogen) atoms. The summed E-state index contributed by atoms with van der Waals surface area (Å²) in [5, 5.41) is 15.6. The molecule has 3 rings (SSSR count). The number of nitrogens with zero attached hydrogens (tertiary/aromatic N) is 2. The van der Waals surface area contributed by atoms with Crippen LogP contribution in [0.2, 0.25) is 0 Å². The molecule has 0 fully saturated rings. The van der Waals surface area contributed by atoms with Crippen molar-refractivity contribution in [1.29, 1.82) is 0 Å². The van der Waals surface area contributed by atoms with Crippen molar-refractivity contribution < 1.29 is 19.2 Å². The minimum Gasteiger partial charge on any atom is -0.493 e. The van der Waals surface area contributed by atoms with Crippen LogP contribution in [0.15, 0.2) is 52.3 Å². The van der Waals surface area contributed by atoms with E-state index in [-0.39, 0.29) is 11.6 Å². The molecule has 10 heteroatoms. The number of carbonyl (C=O) groups excluding carboxylic acids is 1. The SMILES string of the molecule is COc1cc(/C=C/C(=O)Nc2nc(-c3ccc([N+](=O)[O-])cc3)cs2)cc(Br)c1OC. The van der Waals surface area contributed by atoms with Crippen LogP contribution in [0.5, 0.6) is 11.5 Å². The highest BCUT2D eigenvalue weighted by Crippen LogP contribution is 2.36. The highest BCUT2D eigenvalue weighted by Gasteiger charge is 2.11. The Balaban J connectivity index is 1.68. The van der Waals surface area contributed by atoms with Crippen LogP contribution in [0.3, 0.4) is 0 Å². The van der Waals surface area contributed by atoms with Gasteiger partial charge in [-0.3, -0.25) is 20.2 Å². The average Bonchev–Trinajstić information content (AvgIpc) is 3.20. The van der Waals surface area contributed by atoms with E-state index in [0.29, 0.717) is 26.8 Å². The number of methoxy groups -OCH3 is 2. The summed E-state index contributed by atoms with van der Waals surface area (Å²) in [5.74, 6) is 0.769. The lowest BCUT2D eigenvalue weighted by molar-refractivity contribution is -0.384. The molecule has 2 aromatic carbocycles. The zero-order chi connectivity index (χ0) is 21.7. The number of anilines is 1. The summed E-state index contributed by atoms with van der Waals surface area (Å²) < 4.78 is 11.3. The lowest BCUT2D eigenvalue weighted by atomic mass is 10.1. The van der Waals surface area contributed by atoms with E-state index in [1.54, 1.807) is 42.8 Å². The standard InChI is InChI=1S/C20H16BrN3O5S/c1-28-17-10-12(9-15(21)19(17)29-2)3-8-18(25)23-20-22-16(11-30-20)13-4-6-14(7-5-13)24(26)27/h3-11H,1-2H3,(H,22,23,25)/b8-3+. The molecule has 1 N–H and O–H groups in total. The zero-order valence-corrected chi connectivity index (χ0v) is 18.3. The number of aromatic nitrogens is 1. The van der Waals surface area contributed by atoms with E-state index >= 15 is 0 Å². The summed E-state index contributed by atoms with van der Waals surface area (Å²) in [6.45, 7) is 0. The predicted octanol–water partition coefficient (Wildman–Crippen LogP) is 5.15. The largest absolute Gasteiger partial charge is 0.493 e. The third-order valence-electron chi connectivity index (χ3n) is 3.99. The molecule has 1 aromatic heterocycles. The van der Waals surface area contributed by atoms with Crippen LogP contribution < -0.4 is 14.8 Å². The fourth-order valence-electron chi connectivity index (χ4n) is 2.57. The van der Waals surface area contributed by atoms with Crippen LogP contribution in [0.25, 0.3) is 17.3 Å². The summed E-state index contributed by atoms with van der Waals surface area (Å²) in [6.07, 6.45) is 3.04. The smallest absolute Gasteiger partial charge is 0.269 e. The molecule has 3 aromatic rings. The van der Waals surface area contributed by atoms with Gasteiger partial charge in [-0.15, -0.1) is 11.3 Å². The number of halogens is 1. The number of thiazole rings is 1. The Morgan fingerprint density at radius 1 is 1.23 bits per heavy atom. The molecule has 0 bridgehead atoms. The first-order valence-corrected chi connectivity index (χ1v) is 10.2. The monoisotopic (exact) mass is 489 g/mol. The van der Waals surface area contributed by atoms with Crippen molar-refractivity contribution in [1.82, 2.24) is 4.98 Å². The Bertz CT molecular complexity index is 1110. The van der Waals surface area contributed by atoms with E-state index in [9.17, 15) is 14.9 Å². The van der Waals surface area contributed by atoms with E-state index < -0.39 is 4.92 Å². The van der Waals surface area contributed by atoms with Gasteiger partial charge in [-0.05, 0) is 51.8 Å². The molecule has 0 saturated carbocycles. The molecule has 0 spiro atoms. The van der Waals surface area contributed by atoms with Gasteiger partial charge in [0, 0.05) is 29.2 Å². The Labute approximate surface area is 184 Å². The van der Waals surface area contributed by atoms with Gasteiger partial charge in [-0.1, -0.05) is 0 Å². The second-order valence-electron chi connectivity index (χ2n) is 5.90. The van der Waals surface area contributed by atoms with Crippen LogP contribution in [0, 0.1) is 10.1 Å². The Morgan fingerprint density at radius 2 is 1.97 bits per heavy atom. The minimum atomic E-state index is -0.459. The second-order valence-corrected chi connectivity index (χ2v) is 7.62. The summed E-state index contributed by atoms with van der Waals surface area (Å²) in [7, 11) is 3.08. The molecule has 1 amide bonds. The van der Waals surface area contributed by atoms with E-state index in [1.165, 1.54) is 36.7 Å². The number of nitrogens with one attached hydrogen (secondary N) is 1. The van der Waals surface area contributed by atoms with Crippen molar-refractivity contribution in [2.24, 2.45) is 0 Å². The number of rotatable bonds is 7. The first-order chi connectivity index (χ1) is 14.4. The number of ether oxygens (including phenoxy) is 2. The summed E-state index contributed by atoms with van der Waals surface area (Å²) in [4.78, 5) is 26.9. The molecular weight excluding hydrogens is 474 g/mol. The van der Waals surface area contributed by atoms with Crippen LogP contribution in [-0.4, -0.2) is 30.0 Å². The van der Waals surface area contributed by atoms with Crippen LogP contribution in [-0.2, 0) is 4.79 Å². The zero-order valence-electron chi connectivity index (χ0n) is 15.9. The number of nitro groups is 1. The van der Waals surface area contributed by atoms with Gasteiger partial charge in [0.05, 0.1) is 29.3 Å². The number of carbonyl (C=O) groups is 1. The maximum atomic E-state index is 12.2. The molecule has 154 valence electrons. The molecule has 0 aliphatic rings. The summed E-state index contributed by atoms with van der Waals surface area (Å²) >= 11 is 4.68. The van der Waals surface area contributed by atoms with Crippen LogP contribution >= 0.6 is 27.3 Å². The maximum absolute atomic E-state index is 12.2. The van der Waals surface area contributed by atoms with Gasteiger partial charge in [0.1, 0.15) is 0 Å². The van der Waals surface area contributed by atoms with Gasteiger partial charge in [0.25, 0.3) is 5.69 Å².